The van der Waals surface area contributed by atoms with Crippen molar-refractivity contribution in [3.8, 4) is 11.8 Å². The summed E-state index contributed by atoms with van der Waals surface area (Å²) in [7, 11) is 0. The second-order valence-corrected chi connectivity index (χ2v) is 4.65. The van der Waals surface area contributed by atoms with Crippen LogP contribution in [0.15, 0.2) is 12.4 Å². The number of nitriles is 1. The molecule has 0 bridgehead atoms. The standard InChI is InChI=1S/C12H18N4O/c1-2-5-17-11-6-15-16(7-11)9-12(14,8-13)10-3-4-10/h6-7,10H,2-5,9,14H2,1H3. The molecule has 5 heteroatoms. The summed E-state index contributed by atoms with van der Waals surface area (Å²) in [5.74, 6) is 1.06. The molecule has 2 rings (SSSR count). The Kier molecular flexibility index (Phi) is 3.34. The molecule has 0 spiro atoms. The first-order valence-corrected chi connectivity index (χ1v) is 6.03. The molecule has 1 aliphatic carbocycles. The number of nitrogens with zero attached hydrogens (tertiary/aromatic N) is 3. The van der Waals surface area contributed by atoms with Gasteiger partial charge in [-0.15, -0.1) is 0 Å². The van der Waals surface area contributed by atoms with Crippen molar-refractivity contribution in [1.29, 1.82) is 5.26 Å². The first kappa shape index (κ1) is 11.9. The highest BCUT2D eigenvalue weighted by Gasteiger charge is 2.43. The Morgan fingerprint density at radius 3 is 3.06 bits per heavy atom. The molecule has 1 aromatic rings. The highest BCUT2D eigenvalue weighted by Crippen LogP contribution is 2.38. The smallest absolute Gasteiger partial charge is 0.157 e. The van der Waals surface area contributed by atoms with E-state index in [-0.39, 0.29) is 0 Å². The van der Waals surface area contributed by atoms with Crippen molar-refractivity contribution in [2.75, 3.05) is 6.61 Å². The van der Waals surface area contributed by atoms with Crippen LogP contribution >= 0.6 is 0 Å². The van der Waals surface area contributed by atoms with E-state index in [0.29, 0.717) is 19.1 Å². The summed E-state index contributed by atoms with van der Waals surface area (Å²) in [5.41, 5.74) is 5.30. The lowest BCUT2D eigenvalue weighted by Gasteiger charge is -2.20. The van der Waals surface area contributed by atoms with Gasteiger partial charge >= 0.3 is 0 Å². The van der Waals surface area contributed by atoms with E-state index >= 15 is 0 Å². The van der Waals surface area contributed by atoms with Gasteiger partial charge in [-0.3, -0.25) is 4.68 Å². The van der Waals surface area contributed by atoms with Crippen LogP contribution in [0.1, 0.15) is 26.2 Å². The summed E-state index contributed by atoms with van der Waals surface area (Å²) in [4.78, 5) is 0. The van der Waals surface area contributed by atoms with E-state index < -0.39 is 5.54 Å². The van der Waals surface area contributed by atoms with Crippen LogP contribution in [-0.4, -0.2) is 21.9 Å². The Morgan fingerprint density at radius 1 is 1.71 bits per heavy atom. The molecule has 92 valence electrons. The van der Waals surface area contributed by atoms with Crippen molar-refractivity contribution in [3.63, 3.8) is 0 Å². The molecule has 5 nitrogen and oxygen atoms in total. The van der Waals surface area contributed by atoms with Crippen LogP contribution in [0.3, 0.4) is 0 Å². The van der Waals surface area contributed by atoms with E-state index in [1.807, 2.05) is 0 Å². The maximum absolute atomic E-state index is 9.16. The fourth-order valence-corrected chi connectivity index (χ4v) is 1.85. The van der Waals surface area contributed by atoms with Crippen molar-refractivity contribution < 1.29 is 4.74 Å². The Balaban J connectivity index is 1.98. The molecule has 0 radical (unpaired) electrons. The van der Waals surface area contributed by atoms with E-state index in [0.717, 1.165) is 25.0 Å². The molecule has 1 fully saturated rings. The summed E-state index contributed by atoms with van der Waals surface area (Å²) in [5, 5.41) is 13.3. The summed E-state index contributed by atoms with van der Waals surface area (Å²) >= 11 is 0. The van der Waals surface area contributed by atoms with Crippen molar-refractivity contribution in [2.45, 2.75) is 38.3 Å². The number of nitrogens with two attached hydrogens (primary N) is 1. The largest absolute Gasteiger partial charge is 0.490 e. The lowest BCUT2D eigenvalue weighted by atomic mass is 9.97. The van der Waals surface area contributed by atoms with Crippen LogP contribution in [0.5, 0.6) is 5.75 Å². The normalized spacial score (nSPS) is 18.4. The van der Waals surface area contributed by atoms with Gasteiger partial charge in [0.1, 0.15) is 5.54 Å². The zero-order chi connectivity index (χ0) is 12.3. The molecule has 1 aromatic heterocycles. The third kappa shape index (κ3) is 2.77. The first-order chi connectivity index (χ1) is 8.18. The lowest BCUT2D eigenvalue weighted by molar-refractivity contribution is 0.316. The van der Waals surface area contributed by atoms with Gasteiger partial charge in [-0.05, 0) is 25.2 Å². The van der Waals surface area contributed by atoms with E-state index in [1.54, 1.807) is 17.1 Å². The number of hydrogen-bond donors (Lipinski definition) is 1. The number of hydrogen-bond acceptors (Lipinski definition) is 4. The second-order valence-electron chi connectivity index (χ2n) is 4.65. The number of aromatic nitrogens is 2. The maximum Gasteiger partial charge on any atom is 0.157 e. The van der Waals surface area contributed by atoms with Gasteiger partial charge in [-0.2, -0.15) is 10.4 Å². The molecule has 2 N–H and O–H groups in total. The minimum absolute atomic E-state index is 0.316. The van der Waals surface area contributed by atoms with Gasteiger partial charge in [0.2, 0.25) is 0 Å². The molecule has 1 unspecified atom stereocenters. The third-order valence-electron chi connectivity index (χ3n) is 3.02. The SMILES string of the molecule is CCCOc1cnn(CC(N)(C#N)C2CC2)c1. The summed E-state index contributed by atoms with van der Waals surface area (Å²) in [6.07, 6.45) is 6.53. The van der Waals surface area contributed by atoms with Gasteiger partial charge in [0.15, 0.2) is 5.75 Å². The molecular formula is C12H18N4O. The zero-order valence-electron chi connectivity index (χ0n) is 10.1. The monoisotopic (exact) mass is 234 g/mol. The average Bonchev–Trinajstić information content (AvgIpc) is 3.10. The number of ether oxygens (including phenoxy) is 1. The molecule has 1 atom stereocenters. The molecule has 0 saturated heterocycles. The van der Waals surface area contributed by atoms with Crippen LogP contribution in [-0.2, 0) is 6.54 Å². The van der Waals surface area contributed by atoms with E-state index in [2.05, 4.69) is 18.1 Å². The Labute approximate surface area is 101 Å². The molecule has 17 heavy (non-hydrogen) atoms. The average molecular weight is 234 g/mol. The predicted molar refractivity (Wildman–Crippen MR) is 63.3 cm³/mol. The molecule has 0 amide bonds. The van der Waals surface area contributed by atoms with Crippen molar-refractivity contribution in [2.24, 2.45) is 11.7 Å². The van der Waals surface area contributed by atoms with Gasteiger partial charge in [0.05, 0.1) is 31.6 Å². The molecular weight excluding hydrogens is 216 g/mol. The molecule has 0 aromatic carbocycles. The van der Waals surface area contributed by atoms with Crippen LogP contribution < -0.4 is 10.5 Å². The summed E-state index contributed by atoms with van der Waals surface area (Å²) in [6, 6.07) is 2.22. The first-order valence-electron chi connectivity index (χ1n) is 6.03. The van der Waals surface area contributed by atoms with Crippen molar-refractivity contribution in [1.82, 2.24) is 9.78 Å². The Bertz CT molecular complexity index is 418. The minimum Gasteiger partial charge on any atom is -0.490 e. The van der Waals surface area contributed by atoms with E-state index in [9.17, 15) is 0 Å². The highest BCUT2D eigenvalue weighted by atomic mass is 16.5. The van der Waals surface area contributed by atoms with E-state index in [4.69, 9.17) is 15.7 Å². The van der Waals surface area contributed by atoms with Crippen LogP contribution in [0.2, 0.25) is 0 Å². The van der Waals surface area contributed by atoms with Gasteiger partial charge in [-0.25, -0.2) is 0 Å². The van der Waals surface area contributed by atoms with Crippen molar-refractivity contribution >= 4 is 0 Å². The van der Waals surface area contributed by atoms with Crippen LogP contribution in [0.4, 0.5) is 0 Å². The lowest BCUT2D eigenvalue weighted by Crippen LogP contribution is -2.45. The highest BCUT2D eigenvalue weighted by molar-refractivity contribution is 5.16. The Hall–Kier alpha value is -1.54. The predicted octanol–water partition coefficient (Wildman–Crippen LogP) is 1.30. The van der Waals surface area contributed by atoms with E-state index in [1.165, 1.54) is 0 Å². The van der Waals surface area contributed by atoms with Crippen LogP contribution in [0.25, 0.3) is 0 Å². The molecule has 1 aliphatic rings. The zero-order valence-corrected chi connectivity index (χ0v) is 10.1. The van der Waals surface area contributed by atoms with Crippen molar-refractivity contribution in [3.05, 3.63) is 12.4 Å². The minimum atomic E-state index is -0.784. The fourth-order valence-electron chi connectivity index (χ4n) is 1.85. The second kappa shape index (κ2) is 4.76. The summed E-state index contributed by atoms with van der Waals surface area (Å²) in [6.45, 7) is 3.17. The molecule has 1 heterocycles. The number of rotatable bonds is 6. The van der Waals surface area contributed by atoms with Gasteiger partial charge in [0.25, 0.3) is 0 Å². The quantitative estimate of drug-likeness (QED) is 0.805. The molecule has 0 aliphatic heterocycles. The van der Waals surface area contributed by atoms with Crippen LogP contribution in [0, 0.1) is 17.2 Å². The Morgan fingerprint density at radius 2 is 2.47 bits per heavy atom. The molecule has 1 saturated carbocycles. The van der Waals surface area contributed by atoms with Gasteiger partial charge in [0, 0.05) is 0 Å². The maximum atomic E-state index is 9.16. The topological polar surface area (TPSA) is 76.9 Å². The van der Waals surface area contributed by atoms with Gasteiger partial charge < -0.3 is 10.5 Å². The summed E-state index contributed by atoms with van der Waals surface area (Å²) < 4.78 is 7.15. The van der Waals surface area contributed by atoms with Gasteiger partial charge in [-0.1, -0.05) is 6.92 Å². The fraction of sp³-hybridized carbons (Fsp3) is 0.667. The third-order valence-corrected chi connectivity index (χ3v) is 3.02.